The zero-order chi connectivity index (χ0) is 16.3. The lowest BCUT2D eigenvalue weighted by atomic mass is 10.1. The predicted molar refractivity (Wildman–Crippen MR) is 83.5 cm³/mol. The summed E-state index contributed by atoms with van der Waals surface area (Å²) in [6.45, 7) is 0. The van der Waals surface area contributed by atoms with Crippen LogP contribution in [-0.2, 0) is 28.5 Å². The van der Waals surface area contributed by atoms with E-state index >= 15 is 0 Å². The van der Waals surface area contributed by atoms with Crippen molar-refractivity contribution in [3.63, 3.8) is 0 Å². The van der Waals surface area contributed by atoms with Gasteiger partial charge in [0.2, 0.25) is 0 Å². The molecule has 22 heavy (non-hydrogen) atoms. The molecule has 118 valence electrons. The van der Waals surface area contributed by atoms with Gasteiger partial charge in [0.15, 0.2) is 0 Å². The van der Waals surface area contributed by atoms with Crippen LogP contribution in [0, 0.1) is 0 Å². The van der Waals surface area contributed by atoms with Crippen LogP contribution in [0.1, 0.15) is 16.7 Å². The van der Waals surface area contributed by atoms with E-state index in [-0.39, 0.29) is 11.5 Å². The van der Waals surface area contributed by atoms with Gasteiger partial charge in [-0.15, -0.1) is 0 Å². The second kappa shape index (κ2) is 7.02. The van der Waals surface area contributed by atoms with Gasteiger partial charge in [0, 0.05) is 26.6 Å². The molecule has 0 fully saturated rings. The maximum Gasteiger partial charge on any atom is 0.416 e. The monoisotopic (exact) mass is 366 g/mol. The Bertz CT molecular complexity index is 701. The van der Waals surface area contributed by atoms with Crippen LogP contribution in [0.25, 0.3) is 0 Å². The van der Waals surface area contributed by atoms with Crippen molar-refractivity contribution >= 4 is 34.0 Å². The van der Waals surface area contributed by atoms with Crippen LogP contribution < -0.4 is 0 Å². The van der Waals surface area contributed by atoms with E-state index < -0.39 is 22.5 Å². The fourth-order valence-electron chi connectivity index (χ4n) is 1.89. The molecule has 1 atom stereocenters. The van der Waals surface area contributed by atoms with Gasteiger partial charge in [-0.05, 0) is 29.3 Å². The summed E-state index contributed by atoms with van der Waals surface area (Å²) in [4.78, 5) is 0. The van der Waals surface area contributed by atoms with Crippen molar-refractivity contribution in [1.82, 2.24) is 0 Å². The summed E-state index contributed by atoms with van der Waals surface area (Å²) >= 11 is 11.8. The van der Waals surface area contributed by atoms with E-state index in [1.54, 1.807) is 18.2 Å². The minimum atomic E-state index is -4.41. The molecule has 0 unspecified atom stereocenters. The highest BCUT2D eigenvalue weighted by atomic mass is 35.5. The smallest absolute Gasteiger partial charge is 0.259 e. The van der Waals surface area contributed by atoms with Crippen LogP contribution in [0.4, 0.5) is 13.2 Å². The van der Waals surface area contributed by atoms with Gasteiger partial charge in [0.1, 0.15) is 0 Å². The third-order valence-electron chi connectivity index (χ3n) is 2.91. The van der Waals surface area contributed by atoms with Gasteiger partial charge in [0.25, 0.3) is 0 Å². The van der Waals surface area contributed by atoms with Crippen molar-refractivity contribution in [1.29, 1.82) is 0 Å². The zero-order valence-corrected chi connectivity index (χ0v) is 13.5. The lowest BCUT2D eigenvalue weighted by molar-refractivity contribution is -0.137. The minimum Gasteiger partial charge on any atom is -0.259 e. The van der Waals surface area contributed by atoms with Crippen molar-refractivity contribution in [2.75, 3.05) is 0 Å². The molecular formula is C15H11Cl2F3OS. The highest BCUT2D eigenvalue weighted by molar-refractivity contribution is 7.83. The molecule has 0 N–H and O–H groups in total. The SMILES string of the molecule is O=[S@](Cc1cccc(C(F)(F)F)c1)Cc1ccc(Cl)cc1Cl. The summed E-state index contributed by atoms with van der Waals surface area (Å²) in [5.41, 5.74) is 0.279. The van der Waals surface area contributed by atoms with E-state index in [0.717, 1.165) is 12.1 Å². The molecule has 0 radical (unpaired) electrons. The molecule has 7 heteroatoms. The van der Waals surface area contributed by atoms with Crippen molar-refractivity contribution in [2.45, 2.75) is 17.7 Å². The van der Waals surface area contributed by atoms with Crippen LogP contribution in [0.15, 0.2) is 42.5 Å². The Morgan fingerprint density at radius 3 is 2.36 bits per heavy atom. The largest absolute Gasteiger partial charge is 0.416 e. The third kappa shape index (κ3) is 4.73. The topological polar surface area (TPSA) is 17.1 Å². The standard InChI is InChI=1S/C15H11Cl2F3OS/c16-13-5-4-11(14(17)7-13)9-22(21)8-10-2-1-3-12(6-10)15(18,19)20/h1-7H,8-9H2/t22-/m1/s1. The molecule has 2 aromatic rings. The maximum absolute atomic E-state index is 12.6. The first-order valence-corrected chi connectivity index (χ1v) is 8.45. The molecule has 0 aliphatic rings. The molecule has 1 nitrogen and oxygen atoms in total. The summed E-state index contributed by atoms with van der Waals surface area (Å²) in [7, 11) is -1.37. The molecule has 0 amide bonds. The van der Waals surface area contributed by atoms with E-state index in [0.29, 0.717) is 21.2 Å². The van der Waals surface area contributed by atoms with Gasteiger partial charge in [-0.2, -0.15) is 13.2 Å². The van der Waals surface area contributed by atoms with Gasteiger partial charge in [0.05, 0.1) is 11.3 Å². The maximum atomic E-state index is 12.6. The molecule has 0 heterocycles. The molecule has 2 aromatic carbocycles. The molecule has 0 spiro atoms. The normalized spacial score (nSPS) is 13.1. The molecule has 0 aliphatic heterocycles. The highest BCUT2D eigenvalue weighted by Gasteiger charge is 2.30. The van der Waals surface area contributed by atoms with Crippen LogP contribution >= 0.6 is 23.2 Å². The van der Waals surface area contributed by atoms with Gasteiger partial charge < -0.3 is 0 Å². The Morgan fingerprint density at radius 2 is 1.73 bits per heavy atom. The number of benzene rings is 2. The van der Waals surface area contributed by atoms with Gasteiger partial charge in [-0.25, -0.2) is 0 Å². The Kier molecular flexibility index (Phi) is 5.53. The fraction of sp³-hybridized carbons (Fsp3) is 0.200. The number of alkyl halides is 3. The van der Waals surface area contributed by atoms with E-state index in [9.17, 15) is 17.4 Å². The first-order chi connectivity index (χ1) is 10.3. The van der Waals surface area contributed by atoms with E-state index in [1.807, 2.05) is 0 Å². The summed E-state index contributed by atoms with van der Waals surface area (Å²) in [6.07, 6.45) is -4.41. The zero-order valence-electron chi connectivity index (χ0n) is 11.2. The van der Waals surface area contributed by atoms with E-state index in [1.165, 1.54) is 12.1 Å². The van der Waals surface area contributed by atoms with Crippen LogP contribution in [-0.4, -0.2) is 4.21 Å². The Labute approximate surface area is 138 Å². The van der Waals surface area contributed by atoms with Crippen molar-refractivity contribution in [2.24, 2.45) is 0 Å². The minimum absolute atomic E-state index is 0.0306. The summed E-state index contributed by atoms with van der Waals surface area (Å²) in [5, 5.41) is 0.863. The predicted octanol–water partition coefficient (Wildman–Crippen LogP) is 5.46. The van der Waals surface area contributed by atoms with E-state index in [2.05, 4.69) is 0 Å². The molecule has 2 rings (SSSR count). The van der Waals surface area contributed by atoms with Gasteiger partial charge >= 0.3 is 6.18 Å². The first-order valence-electron chi connectivity index (χ1n) is 6.21. The lowest BCUT2D eigenvalue weighted by Gasteiger charge is -2.09. The Balaban J connectivity index is 2.09. The molecule has 0 bridgehead atoms. The summed E-state index contributed by atoms with van der Waals surface area (Å²) in [6, 6.07) is 9.67. The quantitative estimate of drug-likeness (QED) is 0.701. The number of halogens is 5. The summed E-state index contributed by atoms with van der Waals surface area (Å²) < 4.78 is 50.0. The third-order valence-corrected chi connectivity index (χ3v) is 4.79. The Morgan fingerprint density at radius 1 is 1.00 bits per heavy atom. The average Bonchev–Trinajstić information content (AvgIpc) is 2.41. The molecule has 0 aromatic heterocycles. The van der Waals surface area contributed by atoms with E-state index in [4.69, 9.17) is 23.2 Å². The van der Waals surface area contributed by atoms with Crippen molar-refractivity contribution < 1.29 is 17.4 Å². The molecular weight excluding hydrogens is 356 g/mol. The number of rotatable bonds is 4. The van der Waals surface area contributed by atoms with Gasteiger partial charge in [-0.1, -0.05) is 47.5 Å². The molecule has 0 saturated carbocycles. The fourth-order valence-corrected chi connectivity index (χ4v) is 3.69. The first kappa shape index (κ1) is 17.3. The summed E-state index contributed by atoms with van der Waals surface area (Å²) in [5.74, 6) is 0.190. The van der Waals surface area contributed by atoms with Crippen molar-refractivity contribution in [3.8, 4) is 0 Å². The second-order valence-electron chi connectivity index (χ2n) is 4.66. The number of hydrogen-bond donors (Lipinski definition) is 0. The second-order valence-corrected chi connectivity index (χ2v) is 6.96. The van der Waals surface area contributed by atoms with Crippen molar-refractivity contribution in [3.05, 3.63) is 69.2 Å². The van der Waals surface area contributed by atoms with Crippen LogP contribution in [0.5, 0.6) is 0 Å². The van der Waals surface area contributed by atoms with Crippen LogP contribution in [0.3, 0.4) is 0 Å². The Hall–Kier alpha value is -1.04. The van der Waals surface area contributed by atoms with Crippen LogP contribution in [0.2, 0.25) is 10.0 Å². The number of hydrogen-bond acceptors (Lipinski definition) is 1. The highest BCUT2D eigenvalue weighted by Crippen LogP contribution is 2.30. The lowest BCUT2D eigenvalue weighted by Crippen LogP contribution is -2.06. The van der Waals surface area contributed by atoms with Gasteiger partial charge in [-0.3, -0.25) is 4.21 Å². The average molecular weight is 367 g/mol. The molecule has 0 saturated heterocycles. The molecule has 0 aliphatic carbocycles.